The van der Waals surface area contributed by atoms with Crippen LogP contribution in [0.4, 0.5) is 4.39 Å². The molecule has 4 rings (SSSR count). The molecule has 0 radical (unpaired) electrons. The molecule has 2 aromatic carbocycles. The van der Waals surface area contributed by atoms with Crippen LogP contribution < -0.4 is 5.32 Å². The SMILES string of the molecule is CCN(C(=O)c1cc2cc(F)ccc2[nH]1)[C@H]1CCC[C@@H](NCc2ccc(C)cc2)C1. The molecular weight excluding hydrogens is 377 g/mol. The van der Waals surface area contributed by atoms with Gasteiger partial charge in [0.25, 0.3) is 5.91 Å². The number of H-pyrrole nitrogens is 1. The van der Waals surface area contributed by atoms with E-state index in [2.05, 4.69) is 41.5 Å². The van der Waals surface area contributed by atoms with Crippen molar-refractivity contribution in [2.24, 2.45) is 0 Å². The number of benzene rings is 2. The molecule has 1 heterocycles. The van der Waals surface area contributed by atoms with Gasteiger partial charge >= 0.3 is 0 Å². The van der Waals surface area contributed by atoms with Crippen molar-refractivity contribution in [3.05, 3.63) is 71.2 Å². The lowest BCUT2D eigenvalue weighted by molar-refractivity contribution is 0.0623. The number of aromatic amines is 1. The molecule has 0 aliphatic heterocycles. The predicted octanol–water partition coefficient (Wildman–Crippen LogP) is 5.18. The van der Waals surface area contributed by atoms with Gasteiger partial charge in [-0.1, -0.05) is 29.8 Å². The molecule has 2 atom stereocenters. The van der Waals surface area contributed by atoms with E-state index in [1.54, 1.807) is 12.1 Å². The van der Waals surface area contributed by atoms with Gasteiger partial charge in [-0.2, -0.15) is 0 Å². The van der Waals surface area contributed by atoms with Gasteiger partial charge < -0.3 is 15.2 Å². The van der Waals surface area contributed by atoms with Crippen molar-refractivity contribution in [3.63, 3.8) is 0 Å². The van der Waals surface area contributed by atoms with E-state index in [9.17, 15) is 9.18 Å². The summed E-state index contributed by atoms with van der Waals surface area (Å²) < 4.78 is 13.5. The number of nitrogens with zero attached hydrogens (tertiary/aromatic N) is 1. The average Bonchev–Trinajstić information content (AvgIpc) is 3.17. The molecule has 0 unspecified atom stereocenters. The van der Waals surface area contributed by atoms with Crippen LogP contribution in [0.15, 0.2) is 48.5 Å². The summed E-state index contributed by atoms with van der Waals surface area (Å²) in [6.07, 6.45) is 4.23. The van der Waals surface area contributed by atoms with E-state index in [-0.39, 0.29) is 17.8 Å². The molecule has 3 aromatic rings. The lowest BCUT2D eigenvalue weighted by atomic mass is 9.89. The summed E-state index contributed by atoms with van der Waals surface area (Å²) in [5, 5.41) is 4.42. The normalized spacial score (nSPS) is 19.2. The van der Waals surface area contributed by atoms with Crippen molar-refractivity contribution in [2.45, 2.75) is 58.2 Å². The highest BCUT2D eigenvalue weighted by Gasteiger charge is 2.29. The van der Waals surface area contributed by atoms with Crippen LogP contribution in [0.2, 0.25) is 0 Å². The van der Waals surface area contributed by atoms with Crippen LogP contribution in [-0.2, 0) is 6.54 Å². The Morgan fingerprint density at radius 3 is 2.73 bits per heavy atom. The quantitative estimate of drug-likeness (QED) is 0.592. The number of carbonyl (C=O) groups is 1. The molecule has 1 amide bonds. The van der Waals surface area contributed by atoms with Gasteiger partial charge in [0.1, 0.15) is 11.5 Å². The monoisotopic (exact) mass is 407 g/mol. The van der Waals surface area contributed by atoms with Crippen molar-refractivity contribution in [3.8, 4) is 0 Å². The van der Waals surface area contributed by atoms with E-state index in [4.69, 9.17) is 0 Å². The van der Waals surface area contributed by atoms with Crippen molar-refractivity contribution in [1.82, 2.24) is 15.2 Å². The Bertz CT molecular complexity index is 1010. The molecule has 4 nitrogen and oxygen atoms in total. The van der Waals surface area contributed by atoms with Gasteiger partial charge in [0.05, 0.1) is 0 Å². The van der Waals surface area contributed by atoms with Gasteiger partial charge in [-0.3, -0.25) is 4.79 Å². The summed E-state index contributed by atoms with van der Waals surface area (Å²) in [5.74, 6) is -0.291. The van der Waals surface area contributed by atoms with Crippen molar-refractivity contribution in [2.75, 3.05) is 6.54 Å². The maximum atomic E-state index is 13.5. The van der Waals surface area contributed by atoms with Crippen LogP contribution in [0, 0.1) is 12.7 Å². The number of halogens is 1. The Balaban J connectivity index is 1.42. The third-order valence-electron chi connectivity index (χ3n) is 6.22. The van der Waals surface area contributed by atoms with E-state index >= 15 is 0 Å². The number of rotatable bonds is 6. The zero-order chi connectivity index (χ0) is 21.1. The van der Waals surface area contributed by atoms with E-state index in [0.29, 0.717) is 18.3 Å². The van der Waals surface area contributed by atoms with Gasteiger partial charge in [-0.05, 0) is 69.4 Å². The standard InChI is InChI=1S/C25H30FN3O/c1-3-29(25(30)24-14-19-13-20(26)11-12-23(19)28-24)22-6-4-5-21(15-22)27-16-18-9-7-17(2)8-10-18/h7-14,21-22,27-28H,3-6,15-16H2,1-2H3/t21-,22+/m1/s1. The molecule has 158 valence electrons. The topological polar surface area (TPSA) is 48.1 Å². The van der Waals surface area contributed by atoms with Crippen LogP contribution in [0.25, 0.3) is 10.9 Å². The van der Waals surface area contributed by atoms with E-state index in [1.165, 1.54) is 23.3 Å². The van der Waals surface area contributed by atoms with E-state index < -0.39 is 0 Å². The summed E-state index contributed by atoms with van der Waals surface area (Å²) in [6.45, 7) is 5.65. The van der Waals surface area contributed by atoms with Crippen molar-refractivity contribution in [1.29, 1.82) is 0 Å². The summed E-state index contributed by atoms with van der Waals surface area (Å²) in [5.41, 5.74) is 3.88. The van der Waals surface area contributed by atoms with Crippen molar-refractivity contribution < 1.29 is 9.18 Å². The summed E-state index contributed by atoms with van der Waals surface area (Å²) >= 11 is 0. The number of amides is 1. The lowest BCUT2D eigenvalue weighted by Crippen LogP contribution is -2.46. The fraction of sp³-hybridized carbons (Fsp3) is 0.400. The molecule has 30 heavy (non-hydrogen) atoms. The van der Waals surface area contributed by atoms with Gasteiger partial charge in [-0.15, -0.1) is 0 Å². The number of hydrogen-bond acceptors (Lipinski definition) is 2. The molecule has 1 aliphatic carbocycles. The minimum atomic E-state index is -0.289. The molecule has 1 fully saturated rings. The molecule has 1 aliphatic rings. The van der Waals surface area contributed by atoms with Crippen LogP contribution in [0.5, 0.6) is 0 Å². The molecule has 0 spiro atoms. The van der Waals surface area contributed by atoms with Crippen LogP contribution in [-0.4, -0.2) is 34.4 Å². The zero-order valence-electron chi connectivity index (χ0n) is 17.7. The van der Waals surface area contributed by atoms with Crippen LogP contribution in [0.3, 0.4) is 0 Å². The van der Waals surface area contributed by atoms with Gasteiger partial charge in [-0.25, -0.2) is 4.39 Å². The third-order valence-corrected chi connectivity index (χ3v) is 6.22. The second-order valence-electron chi connectivity index (χ2n) is 8.39. The fourth-order valence-corrected chi connectivity index (χ4v) is 4.54. The molecule has 5 heteroatoms. The van der Waals surface area contributed by atoms with Gasteiger partial charge in [0.2, 0.25) is 0 Å². The summed E-state index contributed by atoms with van der Waals surface area (Å²) in [7, 11) is 0. The summed E-state index contributed by atoms with van der Waals surface area (Å²) in [6, 6.07) is 15.6. The Morgan fingerprint density at radius 2 is 1.97 bits per heavy atom. The highest BCUT2D eigenvalue weighted by molar-refractivity contribution is 5.98. The van der Waals surface area contributed by atoms with E-state index in [1.807, 2.05) is 11.8 Å². The average molecular weight is 408 g/mol. The van der Waals surface area contributed by atoms with Gasteiger partial charge in [0, 0.05) is 36.1 Å². The number of carbonyl (C=O) groups excluding carboxylic acids is 1. The van der Waals surface area contributed by atoms with Crippen LogP contribution in [0.1, 0.15) is 54.2 Å². The number of nitrogens with one attached hydrogen (secondary N) is 2. The number of aromatic nitrogens is 1. The fourth-order valence-electron chi connectivity index (χ4n) is 4.54. The maximum Gasteiger partial charge on any atom is 0.270 e. The number of hydrogen-bond donors (Lipinski definition) is 2. The maximum absolute atomic E-state index is 13.5. The molecule has 0 bridgehead atoms. The minimum Gasteiger partial charge on any atom is -0.351 e. The zero-order valence-corrected chi connectivity index (χ0v) is 17.7. The highest BCUT2D eigenvalue weighted by atomic mass is 19.1. The molecule has 0 saturated heterocycles. The second-order valence-corrected chi connectivity index (χ2v) is 8.39. The van der Waals surface area contributed by atoms with Crippen molar-refractivity contribution >= 4 is 16.8 Å². The first-order valence-electron chi connectivity index (χ1n) is 10.9. The van der Waals surface area contributed by atoms with E-state index in [0.717, 1.165) is 43.1 Å². The first-order valence-corrected chi connectivity index (χ1v) is 10.9. The molecular formula is C25H30FN3O. The first-order chi connectivity index (χ1) is 14.5. The Labute approximate surface area is 177 Å². The Morgan fingerprint density at radius 1 is 1.17 bits per heavy atom. The van der Waals surface area contributed by atoms with Crippen LogP contribution >= 0.6 is 0 Å². The highest BCUT2D eigenvalue weighted by Crippen LogP contribution is 2.26. The largest absolute Gasteiger partial charge is 0.351 e. The third kappa shape index (κ3) is 4.57. The minimum absolute atomic E-state index is 0.00158. The smallest absolute Gasteiger partial charge is 0.270 e. The van der Waals surface area contributed by atoms with Gasteiger partial charge in [0.15, 0.2) is 0 Å². The first kappa shape index (κ1) is 20.6. The Hall–Kier alpha value is -2.66. The second kappa shape index (κ2) is 9.00. The Kier molecular flexibility index (Phi) is 6.18. The lowest BCUT2D eigenvalue weighted by Gasteiger charge is -2.37. The predicted molar refractivity (Wildman–Crippen MR) is 119 cm³/mol. The molecule has 2 N–H and O–H groups in total. The summed E-state index contributed by atoms with van der Waals surface area (Å²) in [4.78, 5) is 18.4. The molecule has 1 aromatic heterocycles. The molecule has 1 saturated carbocycles. The number of fused-ring (bicyclic) bond motifs is 1. The number of aryl methyl sites for hydroxylation is 1.